The van der Waals surface area contributed by atoms with Crippen molar-refractivity contribution in [2.24, 2.45) is 0 Å². The van der Waals surface area contributed by atoms with Gasteiger partial charge in [0.2, 0.25) is 0 Å². The van der Waals surface area contributed by atoms with E-state index in [4.69, 9.17) is 18.5 Å². The molecule has 0 aromatic carbocycles. The molecule has 6 atom stereocenters. The topological polar surface area (TPSA) is 192 Å². The zero-order chi connectivity index (χ0) is 42.7. The van der Waals surface area contributed by atoms with E-state index in [2.05, 4.69) is 38.2 Å². The summed E-state index contributed by atoms with van der Waals surface area (Å²) in [6.45, 7) is 4.22. The first-order valence-electron chi connectivity index (χ1n) is 23.2. The van der Waals surface area contributed by atoms with Crippen LogP contribution in [-0.2, 0) is 27.9 Å². The number of phosphoric ester groups is 1. The summed E-state index contributed by atoms with van der Waals surface area (Å²) in [7, 11) is -5.01. The SMILES string of the molecule is CCCCC/C=C\C/C=C\CCCCCCCCCCCCOCC(COP(=O)(O)OC1C(O)C(O)C(O)C(O)C1O)OC(=O)CCCCCCCCCCCCC. The van der Waals surface area contributed by atoms with E-state index in [1.54, 1.807) is 0 Å². The normalized spacial score (nSPS) is 22.8. The lowest BCUT2D eigenvalue weighted by atomic mass is 9.85. The molecule has 0 spiro atoms. The molecule has 0 heterocycles. The standard InChI is InChI=1S/C45H85O12P/c1-3-5-7-9-11-13-15-16-17-18-19-20-21-22-23-25-27-29-31-33-35-54-36-38(56-39(46)34-32-30-28-26-24-14-12-10-8-6-4-2)37-55-58(52,53)57-45-43(50)41(48)40(47)42(49)44(45)51/h11,13,16-17,38,40-45,47-51H,3-10,12,14-15,18-37H2,1-2H3,(H,52,53)/b13-11-,17-16-. The summed E-state index contributed by atoms with van der Waals surface area (Å²) in [6.07, 6.45) is 28.2. The average molecular weight is 849 g/mol. The van der Waals surface area contributed by atoms with Crippen LogP contribution >= 0.6 is 7.82 Å². The number of esters is 1. The summed E-state index contributed by atoms with van der Waals surface area (Å²) in [5, 5.41) is 50.1. The largest absolute Gasteiger partial charge is 0.472 e. The van der Waals surface area contributed by atoms with Gasteiger partial charge in [0, 0.05) is 13.0 Å². The molecule has 0 radical (unpaired) electrons. The fourth-order valence-electron chi connectivity index (χ4n) is 7.09. The first-order chi connectivity index (χ1) is 28.0. The van der Waals surface area contributed by atoms with Crippen molar-refractivity contribution in [2.45, 2.75) is 236 Å². The molecule has 0 amide bonds. The second kappa shape index (κ2) is 36.5. The first kappa shape index (κ1) is 54.8. The van der Waals surface area contributed by atoms with Gasteiger partial charge in [0.05, 0.1) is 13.2 Å². The molecule has 1 rings (SSSR count). The number of aliphatic hydroxyl groups excluding tert-OH is 5. The summed E-state index contributed by atoms with van der Waals surface area (Å²) < 4.78 is 34.1. The monoisotopic (exact) mass is 849 g/mol. The summed E-state index contributed by atoms with van der Waals surface area (Å²) in [5.41, 5.74) is 0. The second-order valence-electron chi connectivity index (χ2n) is 16.3. The number of allylic oxidation sites excluding steroid dienone is 4. The third-order valence-electron chi connectivity index (χ3n) is 10.8. The molecule has 13 heteroatoms. The zero-order valence-electron chi connectivity index (χ0n) is 36.4. The Labute approximate surface area is 351 Å². The molecule has 6 unspecified atom stereocenters. The highest BCUT2D eigenvalue weighted by Crippen LogP contribution is 2.47. The van der Waals surface area contributed by atoms with Gasteiger partial charge in [0.1, 0.15) is 42.7 Å². The van der Waals surface area contributed by atoms with Crippen LogP contribution in [0.1, 0.15) is 194 Å². The maximum atomic E-state index is 12.8. The van der Waals surface area contributed by atoms with E-state index >= 15 is 0 Å². The molecule has 12 nitrogen and oxygen atoms in total. The molecule has 0 aromatic heterocycles. The molecule has 0 aliphatic heterocycles. The van der Waals surface area contributed by atoms with Gasteiger partial charge in [-0.15, -0.1) is 0 Å². The Kier molecular flexibility index (Phi) is 34.5. The van der Waals surface area contributed by atoms with Crippen molar-refractivity contribution in [3.8, 4) is 0 Å². The lowest BCUT2D eigenvalue weighted by Crippen LogP contribution is -2.64. The lowest BCUT2D eigenvalue weighted by Gasteiger charge is -2.41. The van der Waals surface area contributed by atoms with Gasteiger partial charge >= 0.3 is 13.8 Å². The number of hydrogen-bond donors (Lipinski definition) is 6. The highest BCUT2D eigenvalue weighted by Gasteiger charge is 2.51. The smallest absolute Gasteiger partial charge is 0.457 e. The van der Waals surface area contributed by atoms with E-state index in [-0.39, 0.29) is 13.0 Å². The van der Waals surface area contributed by atoms with Crippen molar-refractivity contribution in [2.75, 3.05) is 19.8 Å². The molecule has 1 aliphatic rings. The first-order valence-corrected chi connectivity index (χ1v) is 24.7. The summed E-state index contributed by atoms with van der Waals surface area (Å²) in [5.74, 6) is -0.478. The van der Waals surface area contributed by atoms with E-state index < -0.39 is 63.1 Å². The van der Waals surface area contributed by atoms with Crippen LogP contribution in [0.5, 0.6) is 0 Å². The number of rotatable bonds is 39. The van der Waals surface area contributed by atoms with E-state index in [1.807, 2.05) is 0 Å². The van der Waals surface area contributed by atoms with Crippen LogP contribution in [0.25, 0.3) is 0 Å². The van der Waals surface area contributed by atoms with Gasteiger partial charge in [-0.3, -0.25) is 13.8 Å². The maximum absolute atomic E-state index is 12.8. The Morgan fingerprint density at radius 1 is 0.552 bits per heavy atom. The van der Waals surface area contributed by atoms with Gasteiger partial charge < -0.3 is 39.9 Å². The van der Waals surface area contributed by atoms with Gasteiger partial charge in [-0.25, -0.2) is 4.57 Å². The van der Waals surface area contributed by atoms with Crippen LogP contribution in [0.3, 0.4) is 0 Å². The summed E-state index contributed by atoms with van der Waals surface area (Å²) in [6, 6.07) is 0. The third-order valence-corrected chi connectivity index (χ3v) is 11.8. The fraction of sp³-hybridized carbons (Fsp3) is 0.889. The van der Waals surface area contributed by atoms with E-state index in [0.29, 0.717) is 13.0 Å². The second-order valence-corrected chi connectivity index (χ2v) is 17.7. The van der Waals surface area contributed by atoms with Crippen molar-refractivity contribution in [3.63, 3.8) is 0 Å². The average Bonchev–Trinajstić information content (AvgIpc) is 3.21. The molecule has 58 heavy (non-hydrogen) atoms. The summed E-state index contributed by atoms with van der Waals surface area (Å²) in [4.78, 5) is 23.1. The number of carbonyl (C=O) groups is 1. The van der Waals surface area contributed by atoms with Crippen LogP contribution in [-0.4, -0.2) is 98.9 Å². The van der Waals surface area contributed by atoms with Gasteiger partial charge in [0.25, 0.3) is 0 Å². The number of carbonyl (C=O) groups excluding carboxylic acids is 1. The van der Waals surface area contributed by atoms with Crippen molar-refractivity contribution in [1.82, 2.24) is 0 Å². The Morgan fingerprint density at radius 2 is 0.966 bits per heavy atom. The molecule has 6 N–H and O–H groups in total. The molecule has 1 aliphatic carbocycles. The van der Waals surface area contributed by atoms with Gasteiger partial charge in [0.15, 0.2) is 0 Å². The number of phosphoric acid groups is 1. The highest BCUT2D eigenvalue weighted by molar-refractivity contribution is 7.47. The Bertz CT molecular complexity index is 1060. The number of ether oxygens (including phenoxy) is 2. The zero-order valence-corrected chi connectivity index (χ0v) is 37.2. The number of aliphatic hydroxyl groups is 5. The fourth-order valence-corrected chi connectivity index (χ4v) is 8.06. The van der Waals surface area contributed by atoms with Gasteiger partial charge in [-0.2, -0.15) is 0 Å². The molecular formula is C45H85O12P. The molecule has 0 aromatic rings. The van der Waals surface area contributed by atoms with Crippen molar-refractivity contribution >= 4 is 13.8 Å². The third kappa shape index (κ3) is 28.4. The predicted molar refractivity (Wildman–Crippen MR) is 230 cm³/mol. The lowest BCUT2D eigenvalue weighted by molar-refractivity contribution is -0.220. The van der Waals surface area contributed by atoms with E-state index in [9.17, 15) is 39.8 Å². The Morgan fingerprint density at radius 3 is 1.48 bits per heavy atom. The van der Waals surface area contributed by atoms with Crippen LogP contribution in [0, 0.1) is 0 Å². The Hall–Kier alpha value is -1.18. The Balaban J connectivity index is 2.35. The molecular weight excluding hydrogens is 763 g/mol. The van der Waals surface area contributed by atoms with Crippen molar-refractivity contribution in [1.29, 1.82) is 0 Å². The minimum absolute atomic E-state index is 0.0751. The van der Waals surface area contributed by atoms with Crippen molar-refractivity contribution < 1.29 is 58.3 Å². The van der Waals surface area contributed by atoms with Crippen LogP contribution in [0.4, 0.5) is 0 Å². The van der Waals surface area contributed by atoms with E-state index in [1.165, 1.54) is 122 Å². The predicted octanol–water partition coefficient (Wildman–Crippen LogP) is 9.31. The van der Waals surface area contributed by atoms with Crippen LogP contribution in [0.2, 0.25) is 0 Å². The minimum Gasteiger partial charge on any atom is -0.457 e. The number of unbranched alkanes of at least 4 members (excludes halogenated alkanes) is 23. The highest BCUT2D eigenvalue weighted by atomic mass is 31.2. The van der Waals surface area contributed by atoms with E-state index in [0.717, 1.165) is 44.9 Å². The number of hydrogen-bond acceptors (Lipinski definition) is 11. The summed E-state index contributed by atoms with van der Waals surface area (Å²) >= 11 is 0. The molecule has 1 fully saturated rings. The van der Waals surface area contributed by atoms with Gasteiger partial charge in [-0.05, 0) is 44.9 Å². The van der Waals surface area contributed by atoms with Crippen molar-refractivity contribution in [3.05, 3.63) is 24.3 Å². The molecule has 342 valence electrons. The van der Waals surface area contributed by atoms with Crippen LogP contribution < -0.4 is 0 Å². The quantitative estimate of drug-likeness (QED) is 0.0149. The molecule has 0 saturated heterocycles. The minimum atomic E-state index is -5.01. The van der Waals surface area contributed by atoms with Crippen LogP contribution in [0.15, 0.2) is 24.3 Å². The molecule has 1 saturated carbocycles. The molecule has 0 bridgehead atoms. The van der Waals surface area contributed by atoms with Gasteiger partial charge in [-0.1, -0.05) is 167 Å². The maximum Gasteiger partial charge on any atom is 0.472 e.